The molecule has 0 heterocycles. The molecule has 0 aliphatic heterocycles. The van der Waals surface area contributed by atoms with Crippen LogP contribution in [-0.2, 0) is 20.5 Å². The van der Waals surface area contributed by atoms with E-state index in [9.17, 15) is 22.8 Å². The Morgan fingerprint density at radius 1 is 1.11 bits per heavy atom. The topological polar surface area (TPSA) is 55.4 Å². The number of ether oxygens (including phenoxy) is 1. The highest BCUT2D eigenvalue weighted by Gasteiger charge is 2.36. The molecule has 0 aromatic heterocycles. The van der Waals surface area contributed by atoms with Gasteiger partial charge in [0.2, 0.25) is 6.10 Å². The van der Waals surface area contributed by atoms with Crippen LogP contribution in [0, 0.1) is 5.92 Å². The summed E-state index contributed by atoms with van der Waals surface area (Å²) in [4.78, 5) is 24.6. The van der Waals surface area contributed by atoms with Crippen LogP contribution in [0.25, 0.3) is 0 Å². The maximum Gasteiger partial charge on any atom is 0.417 e. The fourth-order valence-corrected chi connectivity index (χ4v) is 2.68. The number of halogens is 4. The Hall–Kier alpha value is -2.54. The van der Waals surface area contributed by atoms with Gasteiger partial charge >= 0.3 is 12.1 Å². The highest BCUT2D eigenvalue weighted by molar-refractivity contribution is 6.31. The van der Waals surface area contributed by atoms with Crippen molar-refractivity contribution in [3.8, 4) is 0 Å². The largest absolute Gasteiger partial charge is 0.447 e. The average molecular weight is 398 g/mol. The second-order valence-corrected chi connectivity index (χ2v) is 6.59. The number of anilines is 1. The number of amides is 1. The fourth-order valence-electron chi connectivity index (χ4n) is 2.46. The van der Waals surface area contributed by atoms with Gasteiger partial charge in [0.05, 0.1) is 16.5 Å². The quantitative estimate of drug-likeness (QED) is 0.723. The molecule has 3 rings (SSSR count). The van der Waals surface area contributed by atoms with Gasteiger partial charge in [-0.15, -0.1) is 0 Å². The highest BCUT2D eigenvalue weighted by Crippen LogP contribution is 2.37. The number of hydrogen-bond acceptors (Lipinski definition) is 3. The summed E-state index contributed by atoms with van der Waals surface area (Å²) < 4.78 is 44.3. The normalized spacial score (nSPS) is 15.1. The van der Waals surface area contributed by atoms with Crippen LogP contribution < -0.4 is 5.32 Å². The number of carbonyl (C=O) groups is 2. The number of alkyl halides is 3. The van der Waals surface area contributed by atoms with Crippen LogP contribution in [0.4, 0.5) is 18.9 Å². The zero-order valence-corrected chi connectivity index (χ0v) is 14.7. The molecule has 0 bridgehead atoms. The first kappa shape index (κ1) is 19.2. The molecule has 4 nitrogen and oxygen atoms in total. The van der Waals surface area contributed by atoms with Crippen molar-refractivity contribution in [3.63, 3.8) is 0 Å². The van der Waals surface area contributed by atoms with Gasteiger partial charge in [-0.2, -0.15) is 13.2 Å². The van der Waals surface area contributed by atoms with Gasteiger partial charge in [-0.05, 0) is 31.0 Å². The van der Waals surface area contributed by atoms with E-state index in [0.29, 0.717) is 18.4 Å². The minimum absolute atomic E-state index is 0.0971. The molecule has 0 radical (unpaired) electrons. The lowest BCUT2D eigenvalue weighted by Gasteiger charge is -2.19. The predicted molar refractivity (Wildman–Crippen MR) is 93.1 cm³/mol. The first-order valence-electron chi connectivity index (χ1n) is 8.19. The lowest BCUT2D eigenvalue weighted by atomic mass is 10.1. The van der Waals surface area contributed by atoms with Gasteiger partial charge in [0, 0.05) is 11.3 Å². The summed E-state index contributed by atoms with van der Waals surface area (Å²) in [6.07, 6.45) is -4.51. The average Bonchev–Trinajstić information content (AvgIpc) is 3.46. The molecule has 0 spiro atoms. The van der Waals surface area contributed by atoms with Crippen LogP contribution in [0.2, 0.25) is 5.02 Å². The molecule has 0 saturated heterocycles. The predicted octanol–water partition coefficient (Wildman–Crippen LogP) is 4.99. The van der Waals surface area contributed by atoms with E-state index in [1.165, 1.54) is 6.07 Å². The van der Waals surface area contributed by atoms with E-state index in [2.05, 4.69) is 5.32 Å². The molecule has 1 aliphatic carbocycles. The molecule has 1 atom stereocenters. The molecular formula is C19H15ClF3NO3. The maximum absolute atomic E-state index is 13.0. The van der Waals surface area contributed by atoms with E-state index in [1.807, 2.05) is 0 Å². The van der Waals surface area contributed by atoms with Crippen molar-refractivity contribution in [2.75, 3.05) is 5.32 Å². The summed E-state index contributed by atoms with van der Waals surface area (Å²) in [6, 6.07) is 11.3. The second kappa shape index (κ2) is 7.60. The number of rotatable bonds is 5. The van der Waals surface area contributed by atoms with Crippen LogP contribution in [0.1, 0.15) is 30.1 Å². The maximum atomic E-state index is 13.0. The summed E-state index contributed by atoms with van der Waals surface area (Å²) in [6.45, 7) is 0. The van der Waals surface area contributed by atoms with Crippen molar-refractivity contribution in [3.05, 3.63) is 64.7 Å². The minimum Gasteiger partial charge on any atom is -0.447 e. The summed E-state index contributed by atoms with van der Waals surface area (Å²) in [5.41, 5.74) is -0.734. The van der Waals surface area contributed by atoms with Crippen molar-refractivity contribution in [2.24, 2.45) is 5.92 Å². The summed E-state index contributed by atoms with van der Waals surface area (Å²) in [7, 11) is 0. The Kier molecular flexibility index (Phi) is 5.41. The summed E-state index contributed by atoms with van der Waals surface area (Å²) >= 11 is 5.58. The lowest BCUT2D eigenvalue weighted by Crippen LogP contribution is -2.26. The van der Waals surface area contributed by atoms with Crippen molar-refractivity contribution in [1.29, 1.82) is 0 Å². The fraction of sp³-hybridized carbons (Fsp3) is 0.263. The van der Waals surface area contributed by atoms with Crippen LogP contribution >= 0.6 is 11.6 Å². The minimum atomic E-state index is -4.66. The number of carbonyl (C=O) groups excluding carboxylic acids is 2. The lowest BCUT2D eigenvalue weighted by molar-refractivity contribution is -0.156. The third-order valence-electron chi connectivity index (χ3n) is 4.02. The van der Waals surface area contributed by atoms with Gasteiger partial charge in [0.15, 0.2) is 0 Å². The number of benzene rings is 2. The molecule has 1 N–H and O–H groups in total. The third kappa shape index (κ3) is 4.80. The Bertz CT molecular complexity index is 851. The Labute approximate surface area is 158 Å². The van der Waals surface area contributed by atoms with Gasteiger partial charge in [0.25, 0.3) is 5.91 Å². The summed E-state index contributed by atoms with van der Waals surface area (Å²) in [5.74, 6) is -1.46. The molecule has 1 saturated carbocycles. The first-order chi connectivity index (χ1) is 12.8. The van der Waals surface area contributed by atoms with Gasteiger partial charge in [-0.3, -0.25) is 9.59 Å². The Morgan fingerprint density at radius 3 is 2.37 bits per heavy atom. The van der Waals surface area contributed by atoms with E-state index in [-0.39, 0.29) is 11.6 Å². The summed E-state index contributed by atoms with van der Waals surface area (Å²) in [5, 5.41) is 1.90. The molecular weight excluding hydrogens is 383 g/mol. The van der Waals surface area contributed by atoms with Crippen molar-refractivity contribution < 1.29 is 27.5 Å². The Morgan fingerprint density at radius 2 is 1.78 bits per heavy atom. The number of nitrogens with one attached hydrogen (secondary N) is 1. The van der Waals surface area contributed by atoms with Crippen LogP contribution in [0.3, 0.4) is 0 Å². The molecule has 1 amide bonds. The van der Waals surface area contributed by atoms with Crippen molar-refractivity contribution in [1.82, 2.24) is 0 Å². The molecule has 0 unspecified atom stereocenters. The molecule has 142 valence electrons. The Balaban J connectivity index is 1.83. The zero-order chi connectivity index (χ0) is 19.6. The highest BCUT2D eigenvalue weighted by atomic mass is 35.5. The number of esters is 1. The van der Waals surface area contributed by atoms with Crippen molar-refractivity contribution >= 4 is 29.2 Å². The third-order valence-corrected chi connectivity index (χ3v) is 4.35. The van der Waals surface area contributed by atoms with Crippen molar-refractivity contribution in [2.45, 2.75) is 25.1 Å². The first-order valence-corrected chi connectivity index (χ1v) is 8.56. The monoisotopic (exact) mass is 397 g/mol. The van der Waals surface area contributed by atoms with Crippen LogP contribution in [0.15, 0.2) is 48.5 Å². The smallest absolute Gasteiger partial charge is 0.417 e. The molecule has 8 heteroatoms. The van der Waals surface area contributed by atoms with E-state index in [0.717, 1.165) is 12.1 Å². The zero-order valence-electron chi connectivity index (χ0n) is 13.9. The molecule has 27 heavy (non-hydrogen) atoms. The second-order valence-electron chi connectivity index (χ2n) is 6.18. The van der Waals surface area contributed by atoms with E-state index >= 15 is 0 Å². The number of hydrogen-bond donors (Lipinski definition) is 1. The van der Waals surface area contributed by atoms with Gasteiger partial charge < -0.3 is 10.1 Å². The van der Waals surface area contributed by atoms with E-state index in [1.54, 1.807) is 30.3 Å². The molecule has 1 aliphatic rings. The van der Waals surface area contributed by atoms with E-state index < -0.39 is 34.7 Å². The van der Waals surface area contributed by atoms with E-state index in [4.69, 9.17) is 16.3 Å². The van der Waals surface area contributed by atoms with Crippen LogP contribution in [0.5, 0.6) is 0 Å². The van der Waals surface area contributed by atoms with Gasteiger partial charge in [0.1, 0.15) is 0 Å². The van der Waals surface area contributed by atoms with Gasteiger partial charge in [-0.1, -0.05) is 41.9 Å². The SMILES string of the molecule is O=C(O[C@@H](C(=O)Nc1ccc(Cl)c(C(F)(F)F)c1)c1ccccc1)C1CC1. The van der Waals surface area contributed by atoms with Gasteiger partial charge in [-0.25, -0.2) is 0 Å². The molecule has 2 aromatic carbocycles. The molecule has 2 aromatic rings. The standard InChI is InChI=1S/C19H15ClF3NO3/c20-15-9-8-13(10-14(15)19(21,22)23)24-17(25)16(11-4-2-1-3-5-11)27-18(26)12-6-7-12/h1-5,8-10,12,16H,6-7H2,(H,24,25)/t16-/m1/s1. The molecule has 1 fully saturated rings. The van der Waals surface area contributed by atoms with Crippen LogP contribution in [-0.4, -0.2) is 11.9 Å².